The average molecular weight is 553 g/mol. The summed E-state index contributed by atoms with van der Waals surface area (Å²) in [5.41, 5.74) is 4.49. The molecule has 0 radical (unpaired) electrons. The van der Waals surface area contributed by atoms with E-state index >= 15 is 0 Å². The van der Waals surface area contributed by atoms with Crippen LogP contribution in [0.5, 0.6) is 0 Å². The van der Waals surface area contributed by atoms with Gasteiger partial charge in [0.05, 0.1) is 22.3 Å². The van der Waals surface area contributed by atoms with Crippen molar-refractivity contribution in [1.82, 2.24) is 19.6 Å². The largest absolute Gasteiger partial charge is 0.383 e. The van der Waals surface area contributed by atoms with Gasteiger partial charge in [-0.1, -0.05) is 0 Å². The molecule has 1 aliphatic carbocycles. The van der Waals surface area contributed by atoms with Gasteiger partial charge in [-0.3, -0.25) is 9.59 Å². The Labute approximate surface area is 240 Å². The van der Waals surface area contributed by atoms with E-state index in [1.807, 2.05) is 80.6 Å². The van der Waals surface area contributed by atoms with Gasteiger partial charge in [-0.15, -0.1) is 0 Å². The molecule has 0 unspecified atom stereocenters. The van der Waals surface area contributed by atoms with Crippen LogP contribution in [0.15, 0.2) is 24.3 Å². The summed E-state index contributed by atoms with van der Waals surface area (Å²) < 4.78 is 0. The van der Waals surface area contributed by atoms with Gasteiger partial charge in [0, 0.05) is 75.1 Å². The molecule has 0 bridgehead atoms. The van der Waals surface area contributed by atoms with E-state index in [4.69, 9.17) is 0 Å². The number of carbonyl (C=O) groups excluding carboxylic acids is 2. The Bertz CT molecular complexity index is 999. The van der Waals surface area contributed by atoms with Crippen molar-refractivity contribution >= 4 is 34.3 Å². The second-order valence-electron chi connectivity index (χ2n) is 11.4. The maximum atomic E-state index is 14.4. The Balaban J connectivity index is 2.13. The average Bonchev–Trinajstić information content (AvgIpc) is 2.87. The van der Waals surface area contributed by atoms with Crippen molar-refractivity contribution in [1.29, 1.82) is 0 Å². The number of hydrogen-bond acceptors (Lipinski definition) is 10. The van der Waals surface area contributed by atoms with E-state index in [2.05, 4.69) is 40.9 Å². The molecule has 0 fully saturated rings. The summed E-state index contributed by atoms with van der Waals surface area (Å²) in [6.07, 6.45) is 0. The Morgan fingerprint density at radius 2 is 0.625 bits per heavy atom. The number of nitrogens with zero attached hydrogens (tertiary/aromatic N) is 4. The van der Waals surface area contributed by atoms with Crippen molar-refractivity contribution in [2.75, 3.05) is 130 Å². The summed E-state index contributed by atoms with van der Waals surface area (Å²) >= 11 is 0. The lowest BCUT2D eigenvalue weighted by Crippen LogP contribution is -2.30. The van der Waals surface area contributed by atoms with Crippen LogP contribution in [0, 0.1) is 0 Å². The van der Waals surface area contributed by atoms with E-state index in [0.717, 1.165) is 26.2 Å². The van der Waals surface area contributed by atoms with Crippen LogP contribution in [0.1, 0.15) is 31.8 Å². The molecule has 2 aromatic carbocycles. The van der Waals surface area contributed by atoms with Crippen molar-refractivity contribution in [3.63, 3.8) is 0 Å². The minimum absolute atomic E-state index is 0.142. The number of carbonyl (C=O) groups is 2. The molecule has 0 aliphatic heterocycles. The van der Waals surface area contributed by atoms with Crippen molar-refractivity contribution < 1.29 is 9.59 Å². The zero-order valence-corrected chi connectivity index (χ0v) is 25.6. The molecule has 0 saturated carbocycles. The smallest absolute Gasteiger partial charge is 0.198 e. The summed E-state index contributed by atoms with van der Waals surface area (Å²) in [6.45, 7) is 5.81. The first-order valence-corrected chi connectivity index (χ1v) is 14.0. The number of fused-ring (bicyclic) bond motifs is 2. The molecule has 0 aromatic heterocycles. The highest BCUT2D eigenvalue weighted by Crippen LogP contribution is 2.41. The molecule has 0 saturated heterocycles. The van der Waals surface area contributed by atoms with Crippen LogP contribution < -0.4 is 21.3 Å². The fourth-order valence-corrected chi connectivity index (χ4v) is 4.64. The molecule has 10 heteroatoms. The van der Waals surface area contributed by atoms with Crippen molar-refractivity contribution in [3.8, 4) is 0 Å². The third kappa shape index (κ3) is 7.94. The molecule has 0 atom stereocenters. The Hall–Kier alpha value is -3.18. The maximum absolute atomic E-state index is 14.4. The van der Waals surface area contributed by atoms with Gasteiger partial charge >= 0.3 is 0 Å². The van der Waals surface area contributed by atoms with Crippen molar-refractivity contribution in [2.24, 2.45) is 0 Å². The van der Waals surface area contributed by atoms with Gasteiger partial charge in [-0.2, -0.15) is 0 Å². The van der Waals surface area contributed by atoms with E-state index in [1.165, 1.54) is 0 Å². The third-order valence-electron chi connectivity index (χ3n) is 6.82. The molecule has 2 aromatic rings. The van der Waals surface area contributed by atoms with Crippen LogP contribution in [0.4, 0.5) is 22.7 Å². The number of nitrogens with one attached hydrogen (secondary N) is 4. The lowest BCUT2D eigenvalue weighted by molar-refractivity contribution is 0.0981. The van der Waals surface area contributed by atoms with Crippen molar-refractivity contribution in [2.45, 2.75) is 0 Å². The fourth-order valence-electron chi connectivity index (χ4n) is 4.64. The topological polar surface area (TPSA) is 95.2 Å². The summed E-state index contributed by atoms with van der Waals surface area (Å²) in [4.78, 5) is 37.2. The van der Waals surface area contributed by atoms with Crippen LogP contribution in [0.2, 0.25) is 0 Å². The molecule has 1 aliphatic rings. The normalized spacial score (nSPS) is 12.8. The van der Waals surface area contributed by atoms with Gasteiger partial charge < -0.3 is 40.9 Å². The van der Waals surface area contributed by atoms with Gasteiger partial charge in [0.25, 0.3) is 0 Å². The molecule has 3 rings (SSSR count). The minimum atomic E-state index is -0.142. The van der Waals surface area contributed by atoms with Crippen LogP contribution in [0.3, 0.4) is 0 Å². The van der Waals surface area contributed by atoms with Gasteiger partial charge in [0.1, 0.15) is 0 Å². The highest BCUT2D eigenvalue weighted by atomic mass is 16.1. The number of anilines is 4. The molecule has 0 spiro atoms. The zero-order chi connectivity index (χ0) is 29.4. The van der Waals surface area contributed by atoms with E-state index in [-0.39, 0.29) is 11.6 Å². The zero-order valence-electron chi connectivity index (χ0n) is 25.6. The highest BCUT2D eigenvalue weighted by molar-refractivity contribution is 6.35. The molecule has 0 heterocycles. The maximum Gasteiger partial charge on any atom is 0.198 e. The standard InChI is InChI=1S/C30H48N8O2/c1-35(2)17-13-31-21-9-10-22(32-14-18-36(3)4)26-25(21)29(39)27-23(33-15-19-37(5)6)11-12-24(28(27)30(26)40)34-16-20-38(7)8/h9-12,31-34H,13-20H2,1-8H3. The number of likely N-dealkylation sites (N-methyl/N-ethyl adjacent to an activating group) is 4. The summed E-state index contributed by atoms with van der Waals surface area (Å²) in [5.74, 6) is -0.284. The first-order valence-electron chi connectivity index (χ1n) is 14.0. The minimum Gasteiger partial charge on any atom is -0.383 e. The number of hydrogen-bond donors (Lipinski definition) is 4. The third-order valence-corrected chi connectivity index (χ3v) is 6.82. The predicted molar refractivity (Wildman–Crippen MR) is 168 cm³/mol. The molecular weight excluding hydrogens is 504 g/mol. The lowest BCUT2D eigenvalue weighted by atomic mass is 9.80. The van der Waals surface area contributed by atoms with E-state index in [9.17, 15) is 9.59 Å². The number of rotatable bonds is 16. The van der Waals surface area contributed by atoms with Crippen molar-refractivity contribution in [3.05, 3.63) is 46.5 Å². The predicted octanol–water partition coefficient (Wildman–Crippen LogP) is 2.36. The molecule has 10 nitrogen and oxygen atoms in total. The Morgan fingerprint density at radius 3 is 0.800 bits per heavy atom. The van der Waals surface area contributed by atoms with E-state index < -0.39 is 0 Å². The van der Waals surface area contributed by atoms with Gasteiger partial charge in [-0.25, -0.2) is 0 Å². The first kappa shape index (κ1) is 31.3. The molecule has 0 amide bonds. The molecular formula is C30H48N8O2. The van der Waals surface area contributed by atoms with Crippen LogP contribution >= 0.6 is 0 Å². The number of ketones is 2. The van der Waals surface area contributed by atoms with Gasteiger partial charge in [-0.05, 0) is 80.6 Å². The Morgan fingerprint density at radius 1 is 0.425 bits per heavy atom. The van der Waals surface area contributed by atoms with Crippen LogP contribution in [-0.4, -0.2) is 140 Å². The van der Waals surface area contributed by atoms with E-state index in [1.54, 1.807) is 0 Å². The first-order chi connectivity index (χ1) is 19.0. The lowest BCUT2D eigenvalue weighted by Gasteiger charge is -2.28. The second kappa shape index (κ2) is 14.5. The summed E-state index contributed by atoms with van der Waals surface area (Å²) in [5, 5.41) is 13.7. The highest BCUT2D eigenvalue weighted by Gasteiger charge is 2.37. The SMILES string of the molecule is CN(C)CCNc1ccc(NCCN(C)C)c2c1C(=O)c1c(NCCN(C)C)ccc(NCCN(C)C)c1C2=O. The quantitative estimate of drug-likeness (QED) is 0.212. The van der Waals surface area contributed by atoms with Gasteiger partial charge in [0.15, 0.2) is 11.6 Å². The summed E-state index contributed by atoms with van der Waals surface area (Å²) in [7, 11) is 16.1. The molecule has 40 heavy (non-hydrogen) atoms. The monoisotopic (exact) mass is 552 g/mol. The fraction of sp³-hybridized carbons (Fsp3) is 0.533. The van der Waals surface area contributed by atoms with Crippen LogP contribution in [-0.2, 0) is 0 Å². The van der Waals surface area contributed by atoms with Gasteiger partial charge in [0.2, 0.25) is 0 Å². The second-order valence-corrected chi connectivity index (χ2v) is 11.4. The molecule has 4 N–H and O–H groups in total. The molecule has 220 valence electrons. The Kier molecular flexibility index (Phi) is 11.3. The van der Waals surface area contributed by atoms with Crippen LogP contribution in [0.25, 0.3) is 0 Å². The number of benzene rings is 2. The summed E-state index contributed by atoms with van der Waals surface area (Å²) in [6, 6.07) is 7.67. The van der Waals surface area contributed by atoms with E-state index in [0.29, 0.717) is 71.2 Å².